The predicted molar refractivity (Wildman–Crippen MR) is 128 cm³/mol. The van der Waals surface area contributed by atoms with Crippen LogP contribution in [0.1, 0.15) is 47.6 Å². The zero-order valence-corrected chi connectivity index (χ0v) is 20.1. The van der Waals surface area contributed by atoms with E-state index in [1.165, 1.54) is 19.2 Å². The lowest BCUT2D eigenvalue weighted by Crippen LogP contribution is -2.44. The highest BCUT2D eigenvalue weighted by molar-refractivity contribution is 6.06. The van der Waals surface area contributed by atoms with Crippen LogP contribution in [0.4, 0.5) is 19.7 Å². The number of hydrogen-bond acceptors (Lipinski definition) is 5. The highest BCUT2D eigenvalue weighted by Gasteiger charge is 2.58. The number of ether oxygens (including phenoxy) is 1. The Balaban J connectivity index is 1.34. The number of carbonyl (C=O) groups is 4. The number of halogens is 1. The van der Waals surface area contributed by atoms with Gasteiger partial charge < -0.3 is 20.3 Å². The number of nitrogens with zero attached hydrogens (tertiary/aromatic N) is 2. The molecule has 10 heteroatoms. The van der Waals surface area contributed by atoms with Crippen molar-refractivity contribution in [2.24, 2.45) is 0 Å². The second-order valence-electron chi connectivity index (χ2n) is 9.41. The Kier molecular flexibility index (Phi) is 5.89. The lowest BCUT2D eigenvalue weighted by molar-refractivity contribution is -0.142. The predicted octanol–water partition coefficient (Wildman–Crippen LogP) is 3.37. The van der Waals surface area contributed by atoms with E-state index in [0.29, 0.717) is 24.2 Å². The van der Waals surface area contributed by atoms with Crippen molar-refractivity contribution in [3.63, 3.8) is 0 Å². The Hall–Kier alpha value is -3.95. The Morgan fingerprint density at radius 1 is 1.19 bits per heavy atom. The minimum Gasteiger partial charge on any atom is -0.427 e. The number of benzene rings is 2. The Labute approximate surface area is 207 Å². The highest BCUT2D eigenvalue weighted by atomic mass is 19.1. The highest BCUT2D eigenvalue weighted by Crippen LogP contribution is 2.46. The second kappa shape index (κ2) is 8.92. The summed E-state index contributed by atoms with van der Waals surface area (Å²) >= 11 is 0. The van der Waals surface area contributed by atoms with Gasteiger partial charge in [0.1, 0.15) is 12.4 Å². The van der Waals surface area contributed by atoms with Crippen molar-refractivity contribution in [2.75, 3.05) is 25.5 Å². The van der Waals surface area contributed by atoms with Crippen LogP contribution in [0.2, 0.25) is 0 Å². The molecule has 1 unspecified atom stereocenters. The molecule has 2 atom stereocenters. The molecule has 2 aromatic carbocycles. The van der Waals surface area contributed by atoms with Crippen LogP contribution in [0, 0.1) is 12.7 Å². The molecule has 1 spiro atoms. The first-order valence-electron chi connectivity index (χ1n) is 12.0. The number of anilines is 1. The van der Waals surface area contributed by atoms with Crippen LogP contribution in [-0.2, 0) is 26.3 Å². The molecule has 5 rings (SSSR count). The van der Waals surface area contributed by atoms with Gasteiger partial charge in [-0.3, -0.25) is 9.59 Å². The molecule has 9 nitrogen and oxygen atoms in total. The fourth-order valence-electron chi connectivity index (χ4n) is 5.55. The van der Waals surface area contributed by atoms with Crippen molar-refractivity contribution in [1.82, 2.24) is 15.1 Å². The van der Waals surface area contributed by atoms with Gasteiger partial charge in [0.2, 0.25) is 11.5 Å². The monoisotopic (exact) mass is 494 g/mol. The normalized spacial score (nSPS) is 22.7. The number of likely N-dealkylation sites (tertiary alicyclic amines) is 1. The summed E-state index contributed by atoms with van der Waals surface area (Å²) in [6.07, 6.45) is 1.40. The van der Waals surface area contributed by atoms with E-state index in [-0.39, 0.29) is 30.2 Å². The zero-order valence-electron chi connectivity index (χ0n) is 20.1. The SMILES string of the molecule is CNC(=O)Nc1ccc2c(c1)CC[C@@]21OC(=O)N(CC(=O)N2CCCC2c2ccc(F)cc2C)C1=O. The molecule has 2 aromatic rings. The molecule has 5 amide bonds. The second-order valence-corrected chi connectivity index (χ2v) is 9.41. The summed E-state index contributed by atoms with van der Waals surface area (Å²) in [7, 11) is 1.51. The lowest BCUT2D eigenvalue weighted by atomic mass is 9.94. The molecule has 0 aromatic heterocycles. The topological polar surface area (TPSA) is 108 Å². The minimum absolute atomic E-state index is 0.237. The van der Waals surface area contributed by atoms with Crippen LogP contribution in [0.15, 0.2) is 36.4 Å². The van der Waals surface area contributed by atoms with E-state index >= 15 is 0 Å². The molecule has 2 fully saturated rings. The molecular weight excluding hydrogens is 467 g/mol. The number of fused-ring (bicyclic) bond motifs is 2. The molecule has 3 aliphatic rings. The number of amides is 5. The van der Waals surface area contributed by atoms with Crippen molar-refractivity contribution in [2.45, 2.75) is 44.2 Å². The number of nitrogens with one attached hydrogen (secondary N) is 2. The number of urea groups is 1. The zero-order chi connectivity index (χ0) is 25.6. The van der Waals surface area contributed by atoms with Crippen molar-refractivity contribution in [3.05, 3.63) is 64.5 Å². The molecule has 2 N–H and O–H groups in total. The van der Waals surface area contributed by atoms with Crippen molar-refractivity contribution < 1.29 is 28.3 Å². The van der Waals surface area contributed by atoms with Crippen LogP contribution in [0.5, 0.6) is 0 Å². The molecule has 188 valence electrons. The van der Waals surface area contributed by atoms with Gasteiger partial charge in [-0.05, 0) is 67.1 Å². The molecule has 36 heavy (non-hydrogen) atoms. The average molecular weight is 495 g/mol. The van der Waals surface area contributed by atoms with E-state index in [1.54, 1.807) is 36.1 Å². The molecular formula is C26H27FN4O5. The van der Waals surface area contributed by atoms with Gasteiger partial charge in [0.25, 0.3) is 5.91 Å². The van der Waals surface area contributed by atoms with Gasteiger partial charge in [0.05, 0.1) is 6.04 Å². The summed E-state index contributed by atoms with van der Waals surface area (Å²) in [4.78, 5) is 53.8. The smallest absolute Gasteiger partial charge is 0.418 e. The first-order valence-corrected chi connectivity index (χ1v) is 12.0. The van der Waals surface area contributed by atoms with Gasteiger partial charge in [-0.1, -0.05) is 12.1 Å². The number of hydrogen-bond donors (Lipinski definition) is 2. The number of rotatable bonds is 4. The van der Waals surface area contributed by atoms with Crippen LogP contribution in [-0.4, -0.2) is 53.9 Å². The van der Waals surface area contributed by atoms with Gasteiger partial charge in [-0.15, -0.1) is 0 Å². The number of aryl methyl sites for hydroxylation is 2. The van der Waals surface area contributed by atoms with Crippen molar-refractivity contribution in [1.29, 1.82) is 0 Å². The summed E-state index contributed by atoms with van der Waals surface area (Å²) in [6.45, 7) is 1.88. The van der Waals surface area contributed by atoms with Gasteiger partial charge in [-0.25, -0.2) is 18.9 Å². The van der Waals surface area contributed by atoms with Gasteiger partial charge in [0, 0.05) is 31.3 Å². The van der Waals surface area contributed by atoms with E-state index in [0.717, 1.165) is 34.4 Å². The van der Waals surface area contributed by atoms with Crippen molar-refractivity contribution >= 4 is 29.6 Å². The third kappa shape index (κ3) is 3.86. The third-order valence-corrected chi connectivity index (χ3v) is 7.30. The van der Waals surface area contributed by atoms with E-state index in [4.69, 9.17) is 4.74 Å². The Morgan fingerprint density at radius 3 is 2.75 bits per heavy atom. The number of carbonyl (C=O) groups excluding carboxylic acids is 4. The molecule has 2 saturated heterocycles. The summed E-state index contributed by atoms with van der Waals surface area (Å²) < 4.78 is 19.2. The summed E-state index contributed by atoms with van der Waals surface area (Å²) in [5.74, 6) is -1.25. The first kappa shape index (κ1) is 23.8. The first-order chi connectivity index (χ1) is 17.2. The van der Waals surface area contributed by atoms with Crippen LogP contribution >= 0.6 is 0 Å². The molecule has 0 radical (unpaired) electrons. The molecule has 2 aliphatic heterocycles. The maximum absolute atomic E-state index is 13.6. The maximum Gasteiger partial charge on any atom is 0.418 e. The fourth-order valence-corrected chi connectivity index (χ4v) is 5.55. The van der Waals surface area contributed by atoms with Gasteiger partial charge >= 0.3 is 12.1 Å². The summed E-state index contributed by atoms with van der Waals surface area (Å²) in [5, 5.41) is 5.16. The van der Waals surface area contributed by atoms with E-state index < -0.39 is 24.1 Å². The standard InChI is InChI=1S/C26H27FN4O5/c1-15-12-17(27)5-7-19(15)21-4-3-11-30(21)22(32)14-31-23(33)26(36-25(31)35)10-9-16-13-18(6-8-20(16)26)29-24(34)28-2/h5-8,12-13,21H,3-4,9-11,14H2,1-2H3,(H2,28,29,34)/t21?,26-/m1/s1. The van der Waals surface area contributed by atoms with E-state index in [1.807, 2.05) is 0 Å². The summed E-state index contributed by atoms with van der Waals surface area (Å²) in [6, 6.07) is 8.98. The average Bonchev–Trinajstić information content (AvgIpc) is 3.53. The van der Waals surface area contributed by atoms with Crippen LogP contribution < -0.4 is 10.6 Å². The molecule has 0 bridgehead atoms. The largest absolute Gasteiger partial charge is 0.427 e. The fraction of sp³-hybridized carbons (Fsp3) is 0.385. The third-order valence-electron chi connectivity index (χ3n) is 7.30. The molecule has 2 heterocycles. The Morgan fingerprint density at radius 2 is 2.00 bits per heavy atom. The minimum atomic E-state index is -1.46. The van der Waals surface area contributed by atoms with E-state index in [9.17, 15) is 23.6 Å². The van der Waals surface area contributed by atoms with E-state index in [2.05, 4.69) is 10.6 Å². The maximum atomic E-state index is 13.6. The Bertz CT molecular complexity index is 1280. The van der Waals surface area contributed by atoms with Crippen molar-refractivity contribution in [3.8, 4) is 0 Å². The lowest BCUT2D eigenvalue weighted by Gasteiger charge is -2.27. The van der Waals surface area contributed by atoms with Crippen LogP contribution in [0.25, 0.3) is 0 Å². The quantitative estimate of drug-likeness (QED) is 0.678. The number of imide groups is 1. The molecule has 1 aliphatic carbocycles. The van der Waals surface area contributed by atoms with Crippen LogP contribution in [0.3, 0.4) is 0 Å². The van der Waals surface area contributed by atoms with Gasteiger partial charge in [0.15, 0.2) is 0 Å². The van der Waals surface area contributed by atoms with Gasteiger partial charge in [-0.2, -0.15) is 0 Å². The summed E-state index contributed by atoms with van der Waals surface area (Å²) in [5.41, 5.74) is 2.08. The molecule has 0 saturated carbocycles.